The maximum Gasteiger partial charge on any atom is 0.397 e. The highest BCUT2D eigenvalue weighted by Crippen LogP contribution is 2.40. The Labute approximate surface area is 455 Å². The zero-order valence-corrected chi connectivity index (χ0v) is 45.2. The van der Waals surface area contributed by atoms with Crippen molar-refractivity contribution in [3.8, 4) is 11.5 Å². The van der Waals surface area contributed by atoms with Gasteiger partial charge in [-0.05, 0) is 172 Å². The summed E-state index contributed by atoms with van der Waals surface area (Å²) in [6.07, 6.45) is 0.808. The Balaban J connectivity index is 0.000000370. The molecule has 2 atom stereocenters. The van der Waals surface area contributed by atoms with E-state index in [1.165, 1.54) is 22.2 Å². The molecule has 0 fully saturated rings. The van der Waals surface area contributed by atoms with Gasteiger partial charge in [0.1, 0.15) is 11.5 Å². The number of methoxy groups -OCH3 is 2. The highest BCUT2D eigenvalue weighted by molar-refractivity contribution is 6.97. The van der Waals surface area contributed by atoms with E-state index in [1.807, 2.05) is 60.7 Å². The molecule has 0 saturated heterocycles. The molecule has 0 aliphatic carbocycles. The Morgan fingerprint density at radius 3 is 1.45 bits per heavy atom. The summed E-state index contributed by atoms with van der Waals surface area (Å²) in [5, 5.41) is 12.0. The minimum absolute atomic E-state index is 0. The van der Waals surface area contributed by atoms with Crippen molar-refractivity contribution in [2.75, 3.05) is 27.3 Å². The van der Waals surface area contributed by atoms with Gasteiger partial charge >= 0.3 is 33.6 Å². The molecule has 0 bridgehead atoms. The predicted octanol–water partition coefficient (Wildman–Crippen LogP) is 11.0. The molecule has 6 aromatic rings. The molecule has 21 heteroatoms. The van der Waals surface area contributed by atoms with Crippen LogP contribution in [0.3, 0.4) is 0 Å². The van der Waals surface area contributed by atoms with Crippen molar-refractivity contribution in [3.05, 3.63) is 129 Å². The number of aliphatic hydroxyl groups excluding tert-OH is 1. The van der Waals surface area contributed by atoms with E-state index in [9.17, 15) is 28.8 Å². The number of aliphatic hydroxyl groups is 1. The molecule has 0 saturated carbocycles. The van der Waals surface area contributed by atoms with E-state index in [2.05, 4.69) is 67.5 Å². The molecular formula is C52H60Cl6N4O11. The summed E-state index contributed by atoms with van der Waals surface area (Å²) in [5.74, 6) is -0.886. The smallest absolute Gasteiger partial charge is 0.397 e. The third-order valence-electron chi connectivity index (χ3n) is 10.3. The molecule has 0 spiro atoms. The first kappa shape index (κ1) is 63.8. The quantitative estimate of drug-likeness (QED) is 0.0638. The summed E-state index contributed by atoms with van der Waals surface area (Å²) < 4.78 is 20.1. The van der Waals surface area contributed by atoms with E-state index in [4.69, 9.17) is 54.1 Å². The number of esters is 2. The normalized spacial score (nSPS) is 14.1. The summed E-state index contributed by atoms with van der Waals surface area (Å²) in [6, 6.07) is 27.2. The molecule has 8 rings (SSSR count). The van der Waals surface area contributed by atoms with Crippen molar-refractivity contribution in [2.24, 2.45) is 0 Å². The number of fused-ring (bicyclic) bond motifs is 6. The van der Waals surface area contributed by atoms with Gasteiger partial charge in [0, 0.05) is 62.4 Å². The van der Waals surface area contributed by atoms with E-state index in [0.717, 1.165) is 62.7 Å². The van der Waals surface area contributed by atoms with Crippen LogP contribution in [-0.2, 0) is 51.1 Å². The lowest BCUT2D eigenvalue weighted by atomic mass is 9.92. The van der Waals surface area contributed by atoms with E-state index in [0.29, 0.717) is 18.0 Å². The second-order valence-electron chi connectivity index (χ2n) is 16.6. The fourth-order valence-electron chi connectivity index (χ4n) is 7.54. The van der Waals surface area contributed by atoms with Crippen LogP contribution in [0.15, 0.2) is 84.9 Å². The van der Waals surface area contributed by atoms with E-state index in [1.54, 1.807) is 60.7 Å². The fourth-order valence-corrected chi connectivity index (χ4v) is 7.92. The molecule has 2 aliphatic heterocycles. The summed E-state index contributed by atoms with van der Waals surface area (Å²) in [7, 11) is 3.29. The summed E-state index contributed by atoms with van der Waals surface area (Å²) in [4.78, 5) is 73.1. The van der Waals surface area contributed by atoms with Crippen LogP contribution in [0.2, 0.25) is 10.0 Å². The van der Waals surface area contributed by atoms with Gasteiger partial charge in [0.15, 0.2) is 0 Å². The maximum atomic E-state index is 13.0. The monoisotopic (exact) mass is 1130 g/mol. The molecule has 73 heavy (non-hydrogen) atoms. The molecule has 2 aliphatic rings. The number of H-pyrrole nitrogens is 2. The number of aromatic nitrogens is 2. The van der Waals surface area contributed by atoms with Gasteiger partial charge in [0.05, 0.1) is 38.5 Å². The molecule has 4 aromatic carbocycles. The molecule has 15 nitrogen and oxygen atoms in total. The first-order valence-electron chi connectivity index (χ1n) is 22.2. The van der Waals surface area contributed by atoms with Crippen molar-refractivity contribution < 1.29 is 52.8 Å². The molecule has 1 amide bonds. The Kier molecular flexibility index (Phi) is 26.3. The van der Waals surface area contributed by atoms with Crippen LogP contribution >= 0.6 is 70.4 Å². The molecule has 396 valence electrons. The standard InChI is InChI=1S/C23H23ClN2O4.C18H17ClN2O.C5H7ClO3.C3H8O.C2Cl2O2.CH4.ClH/c1-13(2)30-23(28)22(27)26-11-10-17-18-12-15(24)6-9-19(18)25-20(17)21(26)14-4-7-16(29-3)8-5-14;1-22-13-5-2-11(3-6-13)17-18-14(8-9-20-17)15-10-12(19)4-7-16(15)21-18;1-3(2)9-5(8)4(6)7;1-3(2)4;3-1(5)2(4)6;;/h4-9,12-13,21,25H,10-11H2,1-3H3;2-7,10,17,20-21H,8-9H2,1H3;3H,1-2H3;3-4H,1-2H3;;1H4;1H. The van der Waals surface area contributed by atoms with Gasteiger partial charge in [-0.15, -0.1) is 12.4 Å². The van der Waals surface area contributed by atoms with Crippen LogP contribution in [0.5, 0.6) is 11.5 Å². The molecular weight excluding hydrogens is 1070 g/mol. The third-order valence-corrected chi connectivity index (χ3v) is 11.4. The number of nitrogens with one attached hydrogen (secondary N) is 3. The third kappa shape index (κ3) is 18.2. The second-order valence-corrected chi connectivity index (χ2v) is 18.5. The number of nitrogens with zero attached hydrogens (tertiary/aromatic N) is 1. The highest BCUT2D eigenvalue weighted by Gasteiger charge is 2.38. The van der Waals surface area contributed by atoms with E-state index >= 15 is 0 Å². The van der Waals surface area contributed by atoms with Gasteiger partial charge in [-0.25, -0.2) is 9.59 Å². The van der Waals surface area contributed by atoms with Gasteiger partial charge in [-0.1, -0.05) is 54.9 Å². The lowest BCUT2D eigenvalue weighted by Crippen LogP contribution is -2.45. The minimum atomic E-state index is -1.14. The van der Waals surface area contributed by atoms with Gasteiger partial charge < -0.3 is 44.2 Å². The largest absolute Gasteiger partial charge is 0.497 e. The first-order valence-corrected chi connectivity index (χ1v) is 24.1. The zero-order chi connectivity index (χ0) is 52.7. The second kappa shape index (κ2) is 30.1. The van der Waals surface area contributed by atoms with Crippen molar-refractivity contribution in [1.82, 2.24) is 20.2 Å². The number of rotatable bonds is 8. The Morgan fingerprint density at radius 1 is 0.616 bits per heavy atom. The SMILES string of the molecule is C.CC(C)O.CC(C)OC(=O)C(=O)Cl.COc1ccc(C2NCCc3c2[nH]c2ccc(Cl)cc32)cc1.COc1ccc(C2c3[nH]c4ccc(Cl)cc4c3CCN2C(=O)C(=O)OC(C)C)cc1.Cl.O=C(Cl)C(=O)Cl. The number of benzene rings is 4. The average Bonchev–Trinajstić information content (AvgIpc) is 3.88. The van der Waals surface area contributed by atoms with Crippen LogP contribution < -0.4 is 14.8 Å². The van der Waals surface area contributed by atoms with Crippen molar-refractivity contribution in [3.63, 3.8) is 0 Å². The Morgan fingerprint density at radius 2 is 1.04 bits per heavy atom. The Bertz CT molecular complexity index is 2800. The Hall–Kier alpha value is -5.36. The topological polar surface area (TPSA) is 206 Å². The van der Waals surface area contributed by atoms with Crippen LogP contribution in [-0.4, -0.2) is 99.2 Å². The fraction of sp³-hybridized carbons (Fsp3) is 0.346. The maximum absolute atomic E-state index is 13.0. The van der Waals surface area contributed by atoms with Crippen molar-refractivity contribution >= 4 is 126 Å². The zero-order valence-electron chi connectivity index (χ0n) is 40.6. The number of halogens is 6. The van der Waals surface area contributed by atoms with Crippen LogP contribution in [0.25, 0.3) is 21.8 Å². The van der Waals surface area contributed by atoms with E-state index in [-0.39, 0.29) is 44.2 Å². The van der Waals surface area contributed by atoms with Gasteiger partial charge in [0.2, 0.25) is 0 Å². The average molecular weight is 1130 g/mol. The summed E-state index contributed by atoms with van der Waals surface area (Å²) in [5.41, 5.74) is 8.81. The van der Waals surface area contributed by atoms with Crippen LogP contribution in [0, 0.1) is 0 Å². The lowest BCUT2D eigenvalue weighted by Gasteiger charge is -2.35. The van der Waals surface area contributed by atoms with Crippen molar-refractivity contribution in [1.29, 1.82) is 0 Å². The number of amides is 1. The lowest BCUT2D eigenvalue weighted by molar-refractivity contribution is -0.163. The summed E-state index contributed by atoms with van der Waals surface area (Å²) in [6.45, 7) is 11.5. The number of carbonyl (C=O) groups excluding carboxylic acids is 6. The number of hydrogen-bond acceptors (Lipinski definition) is 12. The van der Waals surface area contributed by atoms with Gasteiger partial charge in [0.25, 0.3) is 0 Å². The molecule has 0 radical (unpaired) electrons. The van der Waals surface area contributed by atoms with Gasteiger partial charge in [-0.2, -0.15) is 0 Å². The van der Waals surface area contributed by atoms with Gasteiger partial charge in [-0.3, -0.25) is 19.2 Å². The molecule has 2 aromatic heterocycles. The first-order chi connectivity index (χ1) is 33.6. The molecule has 4 N–H and O–H groups in total. The number of hydrogen-bond donors (Lipinski definition) is 4. The summed E-state index contributed by atoms with van der Waals surface area (Å²) >= 11 is 26.1. The number of carbonyl (C=O) groups is 6. The van der Waals surface area contributed by atoms with Crippen LogP contribution in [0.4, 0.5) is 0 Å². The number of ether oxygens (including phenoxy) is 4. The number of aromatic amines is 2. The van der Waals surface area contributed by atoms with E-state index < -0.39 is 39.6 Å². The molecule has 2 unspecified atom stereocenters. The van der Waals surface area contributed by atoms with Crippen molar-refractivity contribution in [2.45, 2.75) is 92.2 Å². The molecule has 4 heterocycles. The predicted molar refractivity (Wildman–Crippen MR) is 290 cm³/mol. The minimum Gasteiger partial charge on any atom is -0.497 e. The highest BCUT2D eigenvalue weighted by atomic mass is 35.5. The van der Waals surface area contributed by atoms with Crippen LogP contribution in [0.1, 0.15) is 94.7 Å².